The summed E-state index contributed by atoms with van der Waals surface area (Å²) in [6.45, 7) is 1.98. The standard InChI is InChI=1S/C22H16BrN3O3/c1-13-5-7-18-15(9-13)11-19(29-18)22(28)25-17-4-2-3-14(10-17)21(27)26-20-8-6-16(23)12-24-20/h2-12H,1H3,(H,25,28)(H,24,26,27). The average molecular weight is 450 g/mol. The first kappa shape index (κ1) is 18.9. The van der Waals surface area contributed by atoms with E-state index in [-0.39, 0.29) is 17.6 Å². The maximum Gasteiger partial charge on any atom is 0.291 e. The molecule has 0 aliphatic heterocycles. The number of nitrogens with zero attached hydrogens (tertiary/aromatic N) is 1. The van der Waals surface area contributed by atoms with E-state index >= 15 is 0 Å². The van der Waals surface area contributed by atoms with Crippen molar-refractivity contribution in [3.8, 4) is 0 Å². The van der Waals surface area contributed by atoms with E-state index in [4.69, 9.17) is 4.42 Å². The van der Waals surface area contributed by atoms with Crippen LogP contribution in [-0.2, 0) is 0 Å². The first-order valence-corrected chi connectivity index (χ1v) is 9.62. The zero-order valence-electron chi connectivity index (χ0n) is 15.4. The van der Waals surface area contributed by atoms with Crippen LogP contribution in [0.4, 0.5) is 11.5 Å². The highest BCUT2D eigenvalue weighted by Crippen LogP contribution is 2.22. The summed E-state index contributed by atoms with van der Waals surface area (Å²) in [5.41, 5.74) is 2.62. The number of nitrogens with one attached hydrogen (secondary N) is 2. The number of hydrogen-bond donors (Lipinski definition) is 2. The van der Waals surface area contributed by atoms with Crippen LogP contribution in [0.25, 0.3) is 11.0 Å². The first-order chi connectivity index (χ1) is 14.0. The van der Waals surface area contributed by atoms with Crippen molar-refractivity contribution in [2.24, 2.45) is 0 Å². The number of aromatic nitrogens is 1. The molecule has 0 saturated heterocycles. The Morgan fingerprint density at radius 1 is 0.966 bits per heavy atom. The fourth-order valence-corrected chi connectivity index (χ4v) is 3.08. The van der Waals surface area contributed by atoms with Crippen molar-refractivity contribution in [2.45, 2.75) is 6.92 Å². The molecule has 2 aromatic heterocycles. The van der Waals surface area contributed by atoms with Crippen LogP contribution in [0.5, 0.6) is 0 Å². The number of carbonyl (C=O) groups excluding carboxylic acids is 2. The quantitative estimate of drug-likeness (QED) is 0.436. The van der Waals surface area contributed by atoms with Crippen molar-refractivity contribution in [1.82, 2.24) is 4.98 Å². The van der Waals surface area contributed by atoms with Crippen LogP contribution in [0.2, 0.25) is 0 Å². The number of benzene rings is 2. The summed E-state index contributed by atoms with van der Waals surface area (Å²) in [5, 5.41) is 6.35. The van der Waals surface area contributed by atoms with Gasteiger partial charge in [-0.1, -0.05) is 17.7 Å². The lowest BCUT2D eigenvalue weighted by Crippen LogP contribution is -2.14. The van der Waals surface area contributed by atoms with Crippen molar-refractivity contribution < 1.29 is 14.0 Å². The maximum atomic E-state index is 12.6. The lowest BCUT2D eigenvalue weighted by atomic mass is 10.1. The van der Waals surface area contributed by atoms with Gasteiger partial charge in [0.2, 0.25) is 0 Å². The third-order valence-corrected chi connectivity index (χ3v) is 4.72. The Balaban J connectivity index is 1.49. The molecule has 0 aliphatic carbocycles. The second-order valence-corrected chi connectivity index (χ2v) is 7.42. The lowest BCUT2D eigenvalue weighted by Gasteiger charge is -2.07. The van der Waals surface area contributed by atoms with Gasteiger partial charge >= 0.3 is 0 Å². The van der Waals surface area contributed by atoms with Gasteiger partial charge in [0.05, 0.1) is 0 Å². The third-order valence-electron chi connectivity index (χ3n) is 4.25. The average Bonchev–Trinajstić information content (AvgIpc) is 3.13. The molecular weight excluding hydrogens is 434 g/mol. The highest BCUT2D eigenvalue weighted by atomic mass is 79.9. The van der Waals surface area contributed by atoms with E-state index in [1.165, 1.54) is 0 Å². The molecule has 0 unspecified atom stereocenters. The van der Waals surface area contributed by atoms with Crippen LogP contribution >= 0.6 is 15.9 Å². The molecule has 29 heavy (non-hydrogen) atoms. The molecule has 4 rings (SSSR count). The Morgan fingerprint density at radius 2 is 1.83 bits per heavy atom. The minimum absolute atomic E-state index is 0.208. The molecule has 0 atom stereocenters. The van der Waals surface area contributed by atoms with E-state index < -0.39 is 0 Å². The van der Waals surface area contributed by atoms with Crippen molar-refractivity contribution in [3.05, 3.63) is 88.2 Å². The summed E-state index contributed by atoms with van der Waals surface area (Å²) < 4.78 is 6.44. The maximum absolute atomic E-state index is 12.6. The van der Waals surface area contributed by atoms with Crippen molar-refractivity contribution in [2.75, 3.05) is 10.6 Å². The molecule has 0 spiro atoms. The summed E-state index contributed by atoms with van der Waals surface area (Å²) in [5.74, 6) is -0.0640. The summed E-state index contributed by atoms with van der Waals surface area (Å²) in [6.07, 6.45) is 1.60. The van der Waals surface area contributed by atoms with Gasteiger partial charge in [0.15, 0.2) is 5.76 Å². The Labute approximate surface area is 175 Å². The van der Waals surface area contributed by atoms with E-state index in [9.17, 15) is 9.59 Å². The molecule has 2 N–H and O–H groups in total. The van der Waals surface area contributed by atoms with Crippen LogP contribution in [-0.4, -0.2) is 16.8 Å². The van der Waals surface area contributed by atoms with Gasteiger partial charge in [0.25, 0.3) is 11.8 Å². The zero-order valence-corrected chi connectivity index (χ0v) is 17.0. The van der Waals surface area contributed by atoms with Crippen molar-refractivity contribution in [3.63, 3.8) is 0 Å². The van der Waals surface area contributed by atoms with E-state index in [0.717, 1.165) is 15.4 Å². The van der Waals surface area contributed by atoms with E-state index in [2.05, 4.69) is 31.5 Å². The topological polar surface area (TPSA) is 84.2 Å². The molecule has 0 saturated carbocycles. The number of hydrogen-bond acceptors (Lipinski definition) is 4. The minimum Gasteiger partial charge on any atom is -0.451 e. The van der Waals surface area contributed by atoms with Gasteiger partial charge in [-0.25, -0.2) is 4.98 Å². The van der Waals surface area contributed by atoms with Gasteiger partial charge in [0.1, 0.15) is 11.4 Å². The van der Waals surface area contributed by atoms with Crippen LogP contribution in [0.3, 0.4) is 0 Å². The smallest absolute Gasteiger partial charge is 0.291 e. The number of pyridine rings is 1. The molecule has 6 nitrogen and oxygen atoms in total. The lowest BCUT2D eigenvalue weighted by molar-refractivity contribution is 0.0995. The first-order valence-electron chi connectivity index (χ1n) is 8.82. The number of halogens is 1. The predicted octanol–water partition coefficient (Wildman–Crippen LogP) is 5.40. The van der Waals surface area contributed by atoms with Gasteiger partial charge in [-0.3, -0.25) is 9.59 Å². The number of carbonyl (C=O) groups is 2. The molecule has 0 bridgehead atoms. The summed E-state index contributed by atoms with van der Waals surface area (Å²) in [6, 6.07) is 17.6. The Kier molecular flexibility index (Phi) is 5.14. The number of amides is 2. The van der Waals surface area contributed by atoms with E-state index in [1.807, 2.05) is 25.1 Å². The monoisotopic (exact) mass is 449 g/mol. The highest BCUT2D eigenvalue weighted by Gasteiger charge is 2.14. The van der Waals surface area contributed by atoms with Gasteiger partial charge in [-0.15, -0.1) is 0 Å². The third kappa shape index (κ3) is 4.35. The molecule has 2 amide bonds. The van der Waals surface area contributed by atoms with Crippen LogP contribution < -0.4 is 10.6 Å². The number of fused-ring (bicyclic) bond motifs is 1. The SMILES string of the molecule is Cc1ccc2oc(C(=O)Nc3cccc(C(=O)Nc4ccc(Br)cn4)c3)cc2c1. The minimum atomic E-state index is -0.383. The van der Waals surface area contributed by atoms with Gasteiger partial charge in [0, 0.05) is 27.3 Å². The second-order valence-electron chi connectivity index (χ2n) is 6.50. The fraction of sp³-hybridized carbons (Fsp3) is 0.0455. The van der Waals surface area contributed by atoms with E-state index in [0.29, 0.717) is 22.7 Å². The van der Waals surface area contributed by atoms with Crippen molar-refractivity contribution in [1.29, 1.82) is 0 Å². The van der Waals surface area contributed by atoms with Gasteiger partial charge < -0.3 is 15.1 Å². The molecule has 0 radical (unpaired) electrons. The molecule has 2 heterocycles. The van der Waals surface area contributed by atoms with E-state index in [1.54, 1.807) is 48.7 Å². The Bertz CT molecular complexity index is 1220. The molecule has 0 fully saturated rings. The number of rotatable bonds is 4. The van der Waals surface area contributed by atoms with Gasteiger partial charge in [-0.05, 0) is 71.4 Å². The Hall–Kier alpha value is -3.45. The summed E-state index contributed by atoms with van der Waals surface area (Å²) in [4.78, 5) is 29.1. The fourth-order valence-electron chi connectivity index (χ4n) is 2.84. The molecule has 0 aliphatic rings. The molecule has 4 aromatic rings. The van der Waals surface area contributed by atoms with Crippen LogP contribution in [0.1, 0.15) is 26.5 Å². The largest absolute Gasteiger partial charge is 0.451 e. The summed E-state index contributed by atoms with van der Waals surface area (Å²) >= 11 is 3.30. The summed E-state index contributed by atoms with van der Waals surface area (Å²) in [7, 11) is 0. The number of furan rings is 1. The zero-order chi connectivity index (χ0) is 20.4. The molecule has 144 valence electrons. The Morgan fingerprint density at radius 3 is 2.62 bits per heavy atom. The van der Waals surface area contributed by atoms with Crippen molar-refractivity contribution >= 4 is 50.2 Å². The normalized spacial score (nSPS) is 10.7. The highest BCUT2D eigenvalue weighted by molar-refractivity contribution is 9.10. The van der Waals surface area contributed by atoms with Gasteiger partial charge in [-0.2, -0.15) is 0 Å². The number of aryl methyl sites for hydroxylation is 1. The molecule has 7 heteroatoms. The van der Waals surface area contributed by atoms with Crippen LogP contribution in [0.15, 0.2) is 75.8 Å². The predicted molar refractivity (Wildman–Crippen MR) is 115 cm³/mol. The number of anilines is 2. The molecule has 2 aromatic carbocycles. The van der Waals surface area contributed by atoms with Crippen LogP contribution in [0, 0.1) is 6.92 Å². The molecular formula is C22H16BrN3O3. The second kappa shape index (κ2) is 7.89.